The third kappa shape index (κ3) is 3.58. The zero-order chi connectivity index (χ0) is 18.3. The minimum absolute atomic E-state index is 0.0329. The fourth-order valence-electron chi connectivity index (χ4n) is 2.81. The molecule has 0 amide bonds. The predicted octanol–water partition coefficient (Wildman–Crippen LogP) is 5.45. The van der Waals surface area contributed by atoms with E-state index in [2.05, 4.69) is 10.2 Å². The second kappa shape index (κ2) is 6.38. The molecule has 1 aromatic rings. The standard InChI is InChI=1S/C15H13ClF6N2/c1-7-5-10(14(17,18)19)8(2)13(15(20,21)22)12(7)11-4-3-9(6-16)23-24-11/h3-4,7H,5-6H2,1-2H3. The van der Waals surface area contributed by atoms with Crippen molar-refractivity contribution in [1.29, 1.82) is 0 Å². The monoisotopic (exact) mass is 370 g/mol. The summed E-state index contributed by atoms with van der Waals surface area (Å²) < 4.78 is 79.6. The average molecular weight is 371 g/mol. The Bertz CT molecular complexity index is 685. The van der Waals surface area contributed by atoms with Crippen molar-refractivity contribution < 1.29 is 26.3 Å². The molecular formula is C15H13ClF6N2. The number of halogens is 7. The fraction of sp³-hybridized carbons (Fsp3) is 0.467. The molecular weight excluding hydrogens is 358 g/mol. The zero-order valence-electron chi connectivity index (χ0n) is 12.7. The topological polar surface area (TPSA) is 25.8 Å². The van der Waals surface area contributed by atoms with E-state index in [0.717, 1.165) is 6.92 Å². The summed E-state index contributed by atoms with van der Waals surface area (Å²) in [7, 11) is 0. The first-order valence-electron chi connectivity index (χ1n) is 6.94. The van der Waals surface area contributed by atoms with Crippen LogP contribution in [0.2, 0.25) is 0 Å². The van der Waals surface area contributed by atoms with Crippen LogP contribution in [0.3, 0.4) is 0 Å². The largest absolute Gasteiger partial charge is 0.417 e. The predicted molar refractivity (Wildman–Crippen MR) is 77.1 cm³/mol. The summed E-state index contributed by atoms with van der Waals surface area (Å²) in [4.78, 5) is 0. The first kappa shape index (κ1) is 18.8. The van der Waals surface area contributed by atoms with E-state index in [9.17, 15) is 26.3 Å². The summed E-state index contributed by atoms with van der Waals surface area (Å²) in [6.45, 7) is 2.16. The van der Waals surface area contributed by atoms with E-state index in [1.807, 2.05) is 0 Å². The Kier molecular flexibility index (Phi) is 4.99. The Balaban J connectivity index is 2.72. The molecule has 0 saturated carbocycles. The Morgan fingerprint density at radius 2 is 1.71 bits per heavy atom. The van der Waals surface area contributed by atoms with Gasteiger partial charge in [0.15, 0.2) is 0 Å². The zero-order valence-corrected chi connectivity index (χ0v) is 13.4. The maximum Gasteiger partial charge on any atom is 0.417 e. The smallest absolute Gasteiger partial charge is 0.166 e. The van der Waals surface area contributed by atoms with Gasteiger partial charge in [-0.15, -0.1) is 11.6 Å². The van der Waals surface area contributed by atoms with Crippen LogP contribution < -0.4 is 0 Å². The molecule has 0 fully saturated rings. The average Bonchev–Trinajstić information content (AvgIpc) is 2.46. The summed E-state index contributed by atoms with van der Waals surface area (Å²) in [5.41, 5.74) is -3.27. The molecule has 24 heavy (non-hydrogen) atoms. The number of nitrogens with zero attached hydrogens (tertiary/aromatic N) is 2. The van der Waals surface area contributed by atoms with Crippen LogP contribution in [0.5, 0.6) is 0 Å². The van der Waals surface area contributed by atoms with Crippen molar-refractivity contribution in [3.8, 4) is 0 Å². The number of allylic oxidation sites excluding steroid dienone is 4. The first-order valence-corrected chi connectivity index (χ1v) is 7.47. The van der Waals surface area contributed by atoms with Gasteiger partial charge in [0.25, 0.3) is 0 Å². The maximum absolute atomic E-state index is 13.5. The lowest BCUT2D eigenvalue weighted by atomic mass is 9.78. The van der Waals surface area contributed by atoms with Crippen molar-refractivity contribution in [2.75, 3.05) is 0 Å². The van der Waals surface area contributed by atoms with Gasteiger partial charge in [-0.2, -0.15) is 36.5 Å². The first-order chi connectivity index (χ1) is 11.0. The van der Waals surface area contributed by atoms with E-state index < -0.39 is 41.4 Å². The maximum atomic E-state index is 13.5. The molecule has 0 saturated heterocycles. The molecule has 0 radical (unpaired) electrons. The normalized spacial score (nSPS) is 20.0. The molecule has 0 bridgehead atoms. The van der Waals surface area contributed by atoms with E-state index >= 15 is 0 Å². The van der Waals surface area contributed by atoms with Crippen LogP contribution in [0, 0.1) is 5.92 Å². The minimum atomic E-state index is -4.93. The molecule has 1 aliphatic rings. The lowest BCUT2D eigenvalue weighted by molar-refractivity contribution is -0.101. The van der Waals surface area contributed by atoms with Crippen molar-refractivity contribution in [2.45, 2.75) is 38.5 Å². The lowest BCUT2D eigenvalue weighted by Crippen LogP contribution is -2.27. The molecule has 9 heteroatoms. The van der Waals surface area contributed by atoms with Gasteiger partial charge in [-0.3, -0.25) is 0 Å². The number of hydrogen-bond donors (Lipinski definition) is 0. The van der Waals surface area contributed by atoms with Gasteiger partial charge in [-0.1, -0.05) is 6.92 Å². The number of alkyl halides is 7. The molecule has 1 aliphatic carbocycles. The summed E-state index contributed by atoms with van der Waals surface area (Å²) in [5.74, 6) is -0.969. The van der Waals surface area contributed by atoms with E-state index in [-0.39, 0.29) is 17.1 Å². The van der Waals surface area contributed by atoms with Gasteiger partial charge in [-0.05, 0) is 42.5 Å². The van der Waals surface area contributed by atoms with Gasteiger partial charge in [-0.25, -0.2) is 0 Å². The van der Waals surface area contributed by atoms with E-state index in [1.54, 1.807) is 0 Å². The van der Waals surface area contributed by atoms with Crippen LogP contribution in [0.4, 0.5) is 26.3 Å². The van der Waals surface area contributed by atoms with Crippen LogP contribution >= 0.6 is 11.6 Å². The van der Waals surface area contributed by atoms with Gasteiger partial charge in [0.05, 0.1) is 22.8 Å². The quantitative estimate of drug-likeness (QED) is 0.511. The van der Waals surface area contributed by atoms with E-state index in [1.165, 1.54) is 19.1 Å². The van der Waals surface area contributed by atoms with Crippen LogP contribution in [0.25, 0.3) is 5.57 Å². The third-order valence-electron chi connectivity index (χ3n) is 3.86. The van der Waals surface area contributed by atoms with Crippen LogP contribution in [-0.4, -0.2) is 22.5 Å². The highest BCUT2D eigenvalue weighted by Gasteiger charge is 2.47. The molecule has 2 nitrogen and oxygen atoms in total. The molecule has 1 unspecified atom stereocenters. The fourth-order valence-corrected chi connectivity index (χ4v) is 2.95. The van der Waals surface area contributed by atoms with Crippen LogP contribution in [0.15, 0.2) is 28.9 Å². The summed E-state index contributed by atoms with van der Waals surface area (Å²) in [5, 5.41) is 7.41. The highest BCUT2D eigenvalue weighted by Crippen LogP contribution is 2.49. The van der Waals surface area contributed by atoms with Gasteiger partial charge in [0.1, 0.15) is 0 Å². The molecule has 0 aromatic carbocycles. The molecule has 1 heterocycles. The van der Waals surface area contributed by atoms with Crippen molar-refractivity contribution in [2.24, 2.45) is 5.92 Å². The van der Waals surface area contributed by atoms with Crippen molar-refractivity contribution >= 4 is 17.2 Å². The summed E-state index contributed by atoms with van der Waals surface area (Å²) in [6, 6.07) is 2.70. The molecule has 0 aliphatic heterocycles. The Morgan fingerprint density at radius 1 is 1.08 bits per heavy atom. The Hall–Kier alpha value is -1.57. The Labute approximate surface area is 139 Å². The second-order valence-electron chi connectivity index (χ2n) is 5.54. The number of rotatable bonds is 2. The molecule has 132 valence electrons. The molecule has 0 N–H and O–H groups in total. The summed E-state index contributed by atoms with van der Waals surface area (Å²) in [6.07, 6.45) is -10.3. The molecule has 2 rings (SSSR count). The molecule has 1 atom stereocenters. The van der Waals surface area contributed by atoms with Crippen molar-refractivity contribution in [1.82, 2.24) is 10.2 Å². The minimum Gasteiger partial charge on any atom is -0.166 e. The highest BCUT2D eigenvalue weighted by molar-refractivity contribution is 6.16. The van der Waals surface area contributed by atoms with Gasteiger partial charge < -0.3 is 0 Å². The van der Waals surface area contributed by atoms with Gasteiger partial charge in [0.2, 0.25) is 0 Å². The number of aromatic nitrogens is 2. The third-order valence-corrected chi connectivity index (χ3v) is 4.13. The Morgan fingerprint density at radius 3 is 2.12 bits per heavy atom. The van der Waals surface area contributed by atoms with Gasteiger partial charge >= 0.3 is 12.4 Å². The van der Waals surface area contributed by atoms with E-state index in [4.69, 9.17) is 11.6 Å². The molecule has 1 aromatic heterocycles. The van der Waals surface area contributed by atoms with E-state index in [0.29, 0.717) is 5.69 Å². The number of hydrogen-bond acceptors (Lipinski definition) is 2. The second-order valence-corrected chi connectivity index (χ2v) is 5.80. The van der Waals surface area contributed by atoms with Gasteiger partial charge in [0, 0.05) is 5.57 Å². The van der Waals surface area contributed by atoms with Crippen LogP contribution in [-0.2, 0) is 5.88 Å². The molecule has 0 spiro atoms. The van der Waals surface area contributed by atoms with Crippen molar-refractivity contribution in [3.63, 3.8) is 0 Å². The van der Waals surface area contributed by atoms with Crippen LogP contribution in [0.1, 0.15) is 31.7 Å². The highest BCUT2D eigenvalue weighted by atomic mass is 35.5. The lowest BCUT2D eigenvalue weighted by Gasteiger charge is -2.31. The summed E-state index contributed by atoms with van der Waals surface area (Å²) >= 11 is 5.56. The van der Waals surface area contributed by atoms with Crippen molar-refractivity contribution in [3.05, 3.63) is 40.2 Å². The SMILES string of the molecule is CC1=C(C(F)(F)F)CC(C)C(c2ccc(CCl)nn2)=C1C(F)(F)F.